The second kappa shape index (κ2) is 7.87. The fraction of sp³-hybridized carbons (Fsp3) is 0.391. The van der Waals surface area contributed by atoms with Gasteiger partial charge in [-0.1, -0.05) is 43.3 Å². The van der Waals surface area contributed by atoms with Crippen molar-refractivity contribution in [3.8, 4) is 22.9 Å². The SMILES string of the molecule is C[C@@H](Cc1ccc2c(c1)OCO2)CN1CCc2nnc(-c3ccccc3)n2CC1. The van der Waals surface area contributed by atoms with Crippen LogP contribution in [0.15, 0.2) is 48.5 Å². The fourth-order valence-corrected chi connectivity index (χ4v) is 4.33. The summed E-state index contributed by atoms with van der Waals surface area (Å²) in [5.74, 6) is 4.36. The average molecular weight is 390 g/mol. The van der Waals surface area contributed by atoms with Crippen LogP contribution in [0.3, 0.4) is 0 Å². The fourth-order valence-electron chi connectivity index (χ4n) is 4.33. The molecule has 0 amide bonds. The monoisotopic (exact) mass is 390 g/mol. The maximum Gasteiger partial charge on any atom is 0.231 e. The number of rotatable bonds is 5. The molecule has 1 aromatic heterocycles. The van der Waals surface area contributed by atoms with Crippen LogP contribution in [0, 0.1) is 5.92 Å². The van der Waals surface area contributed by atoms with Crippen molar-refractivity contribution in [1.29, 1.82) is 0 Å². The van der Waals surface area contributed by atoms with Crippen LogP contribution >= 0.6 is 0 Å². The Morgan fingerprint density at radius 2 is 1.83 bits per heavy atom. The summed E-state index contributed by atoms with van der Waals surface area (Å²) in [4.78, 5) is 2.56. The number of fused-ring (bicyclic) bond motifs is 2. The molecule has 2 aliphatic rings. The number of nitrogens with zero attached hydrogens (tertiary/aromatic N) is 4. The van der Waals surface area contributed by atoms with E-state index in [0.717, 1.165) is 67.7 Å². The van der Waals surface area contributed by atoms with Gasteiger partial charge in [-0.25, -0.2) is 0 Å². The van der Waals surface area contributed by atoms with Crippen LogP contribution in [0.5, 0.6) is 11.5 Å². The quantitative estimate of drug-likeness (QED) is 0.668. The molecule has 0 N–H and O–H groups in total. The summed E-state index contributed by atoms with van der Waals surface area (Å²) < 4.78 is 13.2. The molecule has 150 valence electrons. The highest BCUT2D eigenvalue weighted by Gasteiger charge is 2.21. The standard InChI is InChI=1S/C23H26N4O2/c1-17(13-18-7-8-20-21(14-18)29-16-28-20)15-26-10-9-22-24-25-23(27(22)12-11-26)19-5-3-2-4-6-19/h2-8,14,17H,9-13,15-16H2,1H3/t17-/m0/s1. The normalized spacial score (nSPS) is 17.0. The molecule has 6 nitrogen and oxygen atoms in total. The third kappa shape index (κ3) is 3.85. The molecule has 0 bridgehead atoms. The Bertz CT molecular complexity index is 986. The molecule has 0 fully saturated rings. The summed E-state index contributed by atoms with van der Waals surface area (Å²) >= 11 is 0. The molecule has 1 atom stereocenters. The van der Waals surface area contributed by atoms with E-state index in [4.69, 9.17) is 9.47 Å². The molecule has 2 aromatic carbocycles. The van der Waals surface area contributed by atoms with Gasteiger partial charge in [-0.15, -0.1) is 10.2 Å². The third-order valence-electron chi connectivity index (χ3n) is 5.74. The van der Waals surface area contributed by atoms with Crippen molar-refractivity contribution in [3.63, 3.8) is 0 Å². The van der Waals surface area contributed by atoms with Gasteiger partial charge in [0, 0.05) is 38.2 Å². The first-order chi connectivity index (χ1) is 14.3. The van der Waals surface area contributed by atoms with E-state index in [-0.39, 0.29) is 0 Å². The van der Waals surface area contributed by atoms with Crippen molar-refractivity contribution in [2.45, 2.75) is 26.3 Å². The highest BCUT2D eigenvalue weighted by Crippen LogP contribution is 2.33. The molecular weight excluding hydrogens is 364 g/mol. The van der Waals surface area contributed by atoms with Crippen molar-refractivity contribution >= 4 is 0 Å². The van der Waals surface area contributed by atoms with Gasteiger partial charge in [0.2, 0.25) is 6.79 Å². The Morgan fingerprint density at radius 1 is 0.966 bits per heavy atom. The van der Waals surface area contributed by atoms with Crippen molar-refractivity contribution in [3.05, 3.63) is 59.9 Å². The lowest BCUT2D eigenvalue weighted by Crippen LogP contribution is -2.32. The first-order valence-corrected chi connectivity index (χ1v) is 10.3. The van der Waals surface area contributed by atoms with Gasteiger partial charge in [0.15, 0.2) is 17.3 Å². The molecule has 0 saturated carbocycles. The predicted molar refractivity (Wildman–Crippen MR) is 111 cm³/mol. The Labute approximate surface area is 171 Å². The van der Waals surface area contributed by atoms with Gasteiger partial charge < -0.3 is 18.9 Å². The van der Waals surface area contributed by atoms with E-state index in [1.165, 1.54) is 5.56 Å². The van der Waals surface area contributed by atoms with Crippen LogP contribution in [0.4, 0.5) is 0 Å². The number of ether oxygens (including phenoxy) is 2. The zero-order valence-electron chi connectivity index (χ0n) is 16.8. The summed E-state index contributed by atoms with van der Waals surface area (Å²) in [5.41, 5.74) is 2.44. The van der Waals surface area contributed by atoms with Crippen molar-refractivity contribution in [1.82, 2.24) is 19.7 Å². The minimum atomic E-state index is 0.330. The maximum absolute atomic E-state index is 5.51. The molecule has 6 heteroatoms. The lowest BCUT2D eigenvalue weighted by molar-refractivity contribution is 0.174. The minimum Gasteiger partial charge on any atom is -0.454 e. The van der Waals surface area contributed by atoms with E-state index in [2.05, 4.69) is 63.0 Å². The van der Waals surface area contributed by atoms with Gasteiger partial charge in [0.05, 0.1) is 0 Å². The van der Waals surface area contributed by atoms with Crippen LogP contribution in [0.1, 0.15) is 18.3 Å². The number of aromatic nitrogens is 3. The second-order valence-electron chi connectivity index (χ2n) is 8.01. The lowest BCUT2D eigenvalue weighted by Gasteiger charge is -2.24. The van der Waals surface area contributed by atoms with E-state index < -0.39 is 0 Å². The summed E-state index contributed by atoms with van der Waals surface area (Å²) in [6.45, 7) is 6.72. The van der Waals surface area contributed by atoms with Gasteiger partial charge in [-0.05, 0) is 30.0 Å². The highest BCUT2D eigenvalue weighted by molar-refractivity contribution is 5.55. The lowest BCUT2D eigenvalue weighted by atomic mass is 10.00. The van der Waals surface area contributed by atoms with Crippen LogP contribution in [0.25, 0.3) is 11.4 Å². The molecule has 0 saturated heterocycles. The molecule has 29 heavy (non-hydrogen) atoms. The first kappa shape index (κ1) is 18.2. The summed E-state index contributed by atoms with van der Waals surface area (Å²) in [6.07, 6.45) is 1.98. The highest BCUT2D eigenvalue weighted by atomic mass is 16.7. The number of hydrogen-bond acceptors (Lipinski definition) is 5. The Hall–Kier alpha value is -2.86. The van der Waals surface area contributed by atoms with E-state index >= 15 is 0 Å². The Balaban J connectivity index is 1.22. The summed E-state index contributed by atoms with van der Waals surface area (Å²) in [5, 5.41) is 8.92. The number of benzene rings is 2. The number of hydrogen-bond donors (Lipinski definition) is 0. The molecule has 3 heterocycles. The zero-order chi connectivity index (χ0) is 19.6. The van der Waals surface area contributed by atoms with Crippen molar-refractivity contribution < 1.29 is 9.47 Å². The van der Waals surface area contributed by atoms with Gasteiger partial charge in [-0.2, -0.15) is 0 Å². The third-order valence-corrected chi connectivity index (χ3v) is 5.74. The van der Waals surface area contributed by atoms with Crippen molar-refractivity contribution in [2.24, 2.45) is 5.92 Å². The van der Waals surface area contributed by atoms with Crippen LogP contribution in [-0.4, -0.2) is 46.1 Å². The summed E-state index contributed by atoms with van der Waals surface area (Å²) in [7, 11) is 0. The maximum atomic E-state index is 5.51. The average Bonchev–Trinajstić information content (AvgIpc) is 3.32. The molecule has 0 spiro atoms. The van der Waals surface area contributed by atoms with Gasteiger partial charge in [-0.3, -0.25) is 0 Å². The molecule has 0 unspecified atom stereocenters. The minimum absolute atomic E-state index is 0.330. The molecule has 0 radical (unpaired) electrons. The molecular formula is C23H26N4O2. The van der Waals surface area contributed by atoms with E-state index in [1.54, 1.807) is 0 Å². The van der Waals surface area contributed by atoms with Gasteiger partial charge >= 0.3 is 0 Å². The molecule has 3 aromatic rings. The molecule has 2 aliphatic heterocycles. The van der Waals surface area contributed by atoms with E-state index in [9.17, 15) is 0 Å². The predicted octanol–water partition coefficient (Wildman–Crippen LogP) is 3.41. The second-order valence-corrected chi connectivity index (χ2v) is 8.01. The van der Waals surface area contributed by atoms with Gasteiger partial charge in [0.1, 0.15) is 5.82 Å². The molecule has 5 rings (SSSR count). The van der Waals surface area contributed by atoms with Crippen LogP contribution < -0.4 is 9.47 Å². The Morgan fingerprint density at radius 3 is 2.72 bits per heavy atom. The van der Waals surface area contributed by atoms with E-state index in [1.807, 2.05) is 12.1 Å². The van der Waals surface area contributed by atoms with Gasteiger partial charge in [0.25, 0.3) is 0 Å². The Kier molecular flexibility index (Phi) is 4.94. The molecule has 0 aliphatic carbocycles. The van der Waals surface area contributed by atoms with Crippen molar-refractivity contribution in [2.75, 3.05) is 26.4 Å². The zero-order valence-corrected chi connectivity index (χ0v) is 16.8. The first-order valence-electron chi connectivity index (χ1n) is 10.3. The van der Waals surface area contributed by atoms with Crippen LogP contribution in [-0.2, 0) is 19.4 Å². The summed E-state index contributed by atoms with van der Waals surface area (Å²) in [6, 6.07) is 16.6. The smallest absolute Gasteiger partial charge is 0.231 e. The van der Waals surface area contributed by atoms with E-state index in [0.29, 0.717) is 12.7 Å². The van der Waals surface area contributed by atoms with Crippen LogP contribution in [0.2, 0.25) is 0 Å². The largest absolute Gasteiger partial charge is 0.454 e. The topological polar surface area (TPSA) is 52.4 Å².